The van der Waals surface area contributed by atoms with Crippen LogP contribution in [-0.4, -0.2) is 24.9 Å². The number of anilines is 2. The van der Waals surface area contributed by atoms with E-state index in [1.54, 1.807) is 0 Å². The molecular weight excluding hydrogens is 276 g/mol. The van der Waals surface area contributed by atoms with Gasteiger partial charge in [-0.25, -0.2) is 0 Å². The minimum atomic E-state index is 0.540. The first kappa shape index (κ1) is 13.1. The summed E-state index contributed by atoms with van der Waals surface area (Å²) in [7, 11) is 0. The third-order valence-corrected chi connectivity index (χ3v) is 5.80. The number of nitrogens with zero attached hydrogens (tertiary/aromatic N) is 1. The minimum absolute atomic E-state index is 0.540. The molecular formula is C18H20N2S. The Labute approximate surface area is 130 Å². The Morgan fingerprint density at radius 2 is 1.95 bits per heavy atom. The molecule has 2 atom stereocenters. The van der Waals surface area contributed by atoms with E-state index in [0.29, 0.717) is 12.0 Å². The standard InChI is InChI=1S/C18H20N2S/c1-13-10-19-16-7-3-4-8-17(16)20(13)11-14-12-21-18-9-5-2-6-15(14)18/h2-9,13-14,19H,10-12H2,1H3. The van der Waals surface area contributed by atoms with Crippen molar-refractivity contribution in [3.63, 3.8) is 0 Å². The zero-order chi connectivity index (χ0) is 14.2. The molecule has 2 aliphatic heterocycles. The van der Waals surface area contributed by atoms with Gasteiger partial charge in [-0.3, -0.25) is 0 Å². The molecule has 0 amide bonds. The zero-order valence-electron chi connectivity index (χ0n) is 12.3. The Bertz CT molecular complexity index is 655. The molecule has 1 N–H and O–H groups in total. The summed E-state index contributed by atoms with van der Waals surface area (Å²) in [4.78, 5) is 4.05. The van der Waals surface area contributed by atoms with Gasteiger partial charge in [0.05, 0.1) is 11.4 Å². The van der Waals surface area contributed by atoms with E-state index in [1.165, 1.54) is 27.6 Å². The number of fused-ring (bicyclic) bond motifs is 2. The van der Waals surface area contributed by atoms with Crippen LogP contribution in [0.5, 0.6) is 0 Å². The summed E-state index contributed by atoms with van der Waals surface area (Å²) in [6.07, 6.45) is 0. The van der Waals surface area contributed by atoms with Crippen LogP contribution >= 0.6 is 11.8 Å². The van der Waals surface area contributed by atoms with Gasteiger partial charge in [-0.05, 0) is 30.7 Å². The molecule has 0 aliphatic carbocycles. The number of hydrogen-bond donors (Lipinski definition) is 1. The second-order valence-corrected chi connectivity index (χ2v) is 7.01. The number of benzene rings is 2. The van der Waals surface area contributed by atoms with Crippen LogP contribution < -0.4 is 10.2 Å². The van der Waals surface area contributed by atoms with Crippen LogP contribution in [0.3, 0.4) is 0 Å². The Kier molecular flexibility index (Phi) is 3.30. The lowest BCUT2D eigenvalue weighted by atomic mass is 9.99. The van der Waals surface area contributed by atoms with E-state index in [9.17, 15) is 0 Å². The van der Waals surface area contributed by atoms with E-state index in [2.05, 4.69) is 65.7 Å². The first-order valence-corrected chi connectivity index (χ1v) is 8.63. The average Bonchev–Trinajstić information content (AvgIpc) is 2.93. The highest BCUT2D eigenvalue weighted by Crippen LogP contribution is 2.41. The Balaban J connectivity index is 1.63. The average molecular weight is 296 g/mol. The van der Waals surface area contributed by atoms with Crippen LogP contribution in [0.4, 0.5) is 11.4 Å². The molecule has 2 aliphatic rings. The largest absolute Gasteiger partial charge is 0.381 e. The fraction of sp³-hybridized carbons (Fsp3) is 0.333. The molecule has 2 aromatic rings. The molecule has 0 bridgehead atoms. The number of thioether (sulfide) groups is 1. The maximum absolute atomic E-state index is 3.54. The lowest BCUT2D eigenvalue weighted by Crippen LogP contribution is -2.44. The fourth-order valence-electron chi connectivity index (χ4n) is 3.38. The van der Waals surface area contributed by atoms with Crippen LogP contribution in [0.1, 0.15) is 18.4 Å². The van der Waals surface area contributed by atoms with E-state index in [0.717, 1.165) is 13.1 Å². The monoisotopic (exact) mass is 296 g/mol. The van der Waals surface area contributed by atoms with Gasteiger partial charge in [-0.15, -0.1) is 11.8 Å². The third-order valence-electron chi connectivity index (χ3n) is 4.55. The number of rotatable bonds is 2. The van der Waals surface area contributed by atoms with Crippen molar-refractivity contribution < 1.29 is 0 Å². The van der Waals surface area contributed by atoms with Crippen LogP contribution in [0.15, 0.2) is 53.4 Å². The van der Waals surface area contributed by atoms with Crippen LogP contribution in [-0.2, 0) is 0 Å². The molecule has 0 aromatic heterocycles. The maximum atomic E-state index is 3.54. The summed E-state index contributed by atoms with van der Waals surface area (Å²) in [5.41, 5.74) is 4.16. The number of hydrogen-bond acceptors (Lipinski definition) is 3. The second-order valence-electron chi connectivity index (χ2n) is 5.95. The molecule has 2 nitrogen and oxygen atoms in total. The van der Waals surface area contributed by atoms with Crippen molar-refractivity contribution >= 4 is 23.1 Å². The van der Waals surface area contributed by atoms with Gasteiger partial charge in [0.15, 0.2) is 0 Å². The lowest BCUT2D eigenvalue weighted by molar-refractivity contribution is 0.604. The number of nitrogens with one attached hydrogen (secondary N) is 1. The summed E-state index contributed by atoms with van der Waals surface area (Å²) in [5.74, 6) is 1.85. The van der Waals surface area contributed by atoms with E-state index in [4.69, 9.17) is 0 Å². The predicted molar refractivity (Wildman–Crippen MR) is 91.6 cm³/mol. The molecule has 2 aromatic carbocycles. The first-order valence-electron chi connectivity index (χ1n) is 7.64. The van der Waals surface area contributed by atoms with Gasteiger partial charge < -0.3 is 10.2 Å². The van der Waals surface area contributed by atoms with Crippen molar-refractivity contribution in [1.82, 2.24) is 0 Å². The van der Waals surface area contributed by atoms with Gasteiger partial charge in [0, 0.05) is 35.7 Å². The van der Waals surface area contributed by atoms with Gasteiger partial charge in [0.2, 0.25) is 0 Å². The highest BCUT2D eigenvalue weighted by molar-refractivity contribution is 7.99. The summed E-state index contributed by atoms with van der Waals surface area (Å²) in [6, 6.07) is 18.1. The molecule has 0 spiro atoms. The first-order chi connectivity index (χ1) is 10.3. The summed E-state index contributed by atoms with van der Waals surface area (Å²) < 4.78 is 0. The highest BCUT2D eigenvalue weighted by Gasteiger charge is 2.29. The van der Waals surface area contributed by atoms with Crippen molar-refractivity contribution in [3.8, 4) is 0 Å². The molecule has 0 saturated heterocycles. The molecule has 108 valence electrons. The molecule has 0 saturated carbocycles. The molecule has 21 heavy (non-hydrogen) atoms. The van der Waals surface area contributed by atoms with E-state index >= 15 is 0 Å². The third kappa shape index (κ3) is 2.30. The van der Waals surface area contributed by atoms with E-state index < -0.39 is 0 Å². The Hall–Kier alpha value is -1.61. The quantitative estimate of drug-likeness (QED) is 0.894. The van der Waals surface area contributed by atoms with Gasteiger partial charge in [0.25, 0.3) is 0 Å². The topological polar surface area (TPSA) is 15.3 Å². The fourth-order valence-corrected chi connectivity index (χ4v) is 4.62. The van der Waals surface area contributed by atoms with Crippen LogP contribution in [0.2, 0.25) is 0 Å². The summed E-state index contributed by atoms with van der Waals surface area (Å²) >= 11 is 2.00. The smallest absolute Gasteiger partial charge is 0.0605 e. The lowest BCUT2D eigenvalue weighted by Gasteiger charge is -2.39. The minimum Gasteiger partial charge on any atom is -0.381 e. The molecule has 0 fully saturated rings. The van der Waals surface area contributed by atoms with E-state index in [-0.39, 0.29) is 0 Å². The molecule has 3 heteroatoms. The SMILES string of the molecule is CC1CNc2ccccc2N1CC1CSc2ccccc21. The molecule has 4 rings (SSSR count). The maximum Gasteiger partial charge on any atom is 0.0605 e. The van der Waals surface area contributed by atoms with Gasteiger partial charge in [0.1, 0.15) is 0 Å². The van der Waals surface area contributed by atoms with Crippen molar-refractivity contribution in [2.75, 3.05) is 29.1 Å². The molecule has 2 unspecified atom stereocenters. The van der Waals surface area contributed by atoms with Gasteiger partial charge in [-0.1, -0.05) is 30.3 Å². The Morgan fingerprint density at radius 1 is 1.14 bits per heavy atom. The molecule has 0 radical (unpaired) electrons. The van der Waals surface area contributed by atoms with Crippen molar-refractivity contribution in [2.24, 2.45) is 0 Å². The second kappa shape index (κ2) is 5.30. The predicted octanol–water partition coefficient (Wildman–Crippen LogP) is 4.20. The normalized spacial score (nSPS) is 23.4. The van der Waals surface area contributed by atoms with Crippen LogP contribution in [0.25, 0.3) is 0 Å². The van der Waals surface area contributed by atoms with Crippen LogP contribution in [0, 0.1) is 0 Å². The zero-order valence-corrected chi connectivity index (χ0v) is 13.1. The highest BCUT2D eigenvalue weighted by atomic mass is 32.2. The summed E-state index contributed by atoms with van der Waals surface area (Å²) in [5, 5.41) is 3.54. The van der Waals surface area contributed by atoms with Crippen molar-refractivity contribution in [3.05, 3.63) is 54.1 Å². The van der Waals surface area contributed by atoms with Crippen molar-refractivity contribution in [1.29, 1.82) is 0 Å². The molecule has 2 heterocycles. The van der Waals surface area contributed by atoms with Gasteiger partial charge in [-0.2, -0.15) is 0 Å². The summed E-state index contributed by atoms with van der Waals surface area (Å²) in [6.45, 7) is 4.46. The van der Waals surface area contributed by atoms with Crippen molar-refractivity contribution in [2.45, 2.75) is 23.8 Å². The van der Waals surface area contributed by atoms with Gasteiger partial charge >= 0.3 is 0 Å². The van der Waals surface area contributed by atoms with E-state index in [1.807, 2.05) is 11.8 Å². The number of para-hydroxylation sites is 2. The Morgan fingerprint density at radius 3 is 2.90 bits per heavy atom.